The number of hydrogen-bond acceptors (Lipinski definition) is 1. The molecule has 0 heterocycles. The minimum absolute atomic E-state index is 0.0157. The Morgan fingerprint density at radius 2 is 2.29 bits per heavy atom. The molecule has 0 spiro atoms. The number of nitrogens with two attached hydrogens (primary N) is 1. The molecule has 0 radical (unpaired) electrons. The van der Waals surface area contributed by atoms with Crippen LogP contribution in [0.4, 0.5) is 0 Å². The van der Waals surface area contributed by atoms with Gasteiger partial charge in [-0.3, -0.25) is 0 Å². The van der Waals surface area contributed by atoms with Crippen molar-refractivity contribution in [2.24, 2.45) is 5.73 Å². The highest BCUT2D eigenvalue weighted by Crippen LogP contribution is 2.27. The molecule has 0 aromatic heterocycles. The Balaban J connectivity index is 2.82. The third-order valence-electron chi connectivity index (χ3n) is 2.04. The predicted octanol–water partition coefficient (Wildman–Crippen LogP) is 4.07. The van der Waals surface area contributed by atoms with E-state index in [9.17, 15) is 0 Å². The summed E-state index contributed by atoms with van der Waals surface area (Å²) < 4.78 is 1.01. The molecule has 1 nitrogen and oxygen atoms in total. The van der Waals surface area contributed by atoms with E-state index < -0.39 is 0 Å². The summed E-state index contributed by atoms with van der Waals surface area (Å²) in [5, 5.41) is 0.727. The van der Waals surface area contributed by atoms with Crippen molar-refractivity contribution in [2.75, 3.05) is 0 Å². The van der Waals surface area contributed by atoms with E-state index in [-0.39, 0.29) is 6.04 Å². The zero-order valence-corrected chi connectivity index (χ0v) is 10.2. The highest BCUT2D eigenvalue weighted by Gasteiger charge is 2.09. The second-order valence-corrected chi connectivity index (χ2v) is 4.46. The molecule has 1 aromatic rings. The topological polar surface area (TPSA) is 26.0 Å². The summed E-state index contributed by atoms with van der Waals surface area (Å²) in [6.07, 6.45) is 3.65. The molecule has 0 saturated carbocycles. The molecule has 0 amide bonds. The fourth-order valence-corrected chi connectivity index (χ4v) is 1.89. The maximum Gasteiger partial charge on any atom is 0.0454 e. The monoisotopic (exact) mass is 273 g/mol. The van der Waals surface area contributed by atoms with Crippen molar-refractivity contribution in [3.05, 3.63) is 45.9 Å². The molecule has 1 atom stereocenters. The molecule has 0 fully saturated rings. The van der Waals surface area contributed by atoms with Crippen LogP contribution in [0.1, 0.15) is 24.4 Å². The first-order chi connectivity index (χ1) is 6.65. The first-order valence-corrected chi connectivity index (χ1v) is 5.63. The van der Waals surface area contributed by atoms with Crippen LogP contribution in [-0.4, -0.2) is 0 Å². The van der Waals surface area contributed by atoms with Crippen molar-refractivity contribution < 1.29 is 0 Å². The Hall–Kier alpha value is -0.310. The third-order valence-corrected chi connectivity index (χ3v) is 2.88. The number of halogens is 2. The van der Waals surface area contributed by atoms with Gasteiger partial charge in [0.15, 0.2) is 0 Å². The van der Waals surface area contributed by atoms with Gasteiger partial charge in [0, 0.05) is 15.5 Å². The van der Waals surface area contributed by atoms with E-state index >= 15 is 0 Å². The summed E-state index contributed by atoms with van der Waals surface area (Å²) in [6, 6.07) is 5.72. The van der Waals surface area contributed by atoms with Gasteiger partial charge in [0.05, 0.1) is 0 Å². The molecule has 0 bridgehead atoms. The molecule has 0 unspecified atom stereocenters. The van der Waals surface area contributed by atoms with E-state index in [1.54, 1.807) is 0 Å². The Kier molecular flexibility index (Phi) is 4.66. The van der Waals surface area contributed by atoms with Gasteiger partial charge < -0.3 is 5.73 Å². The standard InChI is InChI=1S/C11H13BrClN/c1-2-3-4-11(14)9-7-8(12)5-6-10(9)13/h2,5-7,11H,1,3-4,14H2/t11-/m0/s1. The lowest BCUT2D eigenvalue weighted by Gasteiger charge is -2.12. The predicted molar refractivity (Wildman–Crippen MR) is 65.5 cm³/mol. The number of hydrogen-bond donors (Lipinski definition) is 1. The Labute approximate surface area is 98.1 Å². The highest BCUT2D eigenvalue weighted by atomic mass is 79.9. The molecular formula is C11H13BrClN. The number of allylic oxidation sites excluding steroid dienone is 1. The number of rotatable bonds is 4. The van der Waals surface area contributed by atoms with Crippen LogP contribution in [0.15, 0.2) is 35.3 Å². The molecule has 14 heavy (non-hydrogen) atoms. The maximum absolute atomic E-state index is 6.04. The van der Waals surface area contributed by atoms with Crippen molar-refractivity contribution in [3.8, 4) is 0 Å². The van der Waals surface area contributed by atoms with Crippen molar-refractivity contribution >= 4 is 27.5 Å². The molecule has 3 heteroatoms. The largest absolute Gasteiger partial charge is 0.324 e. The highest BCUT2D eigenvalue weighted by molar-refractivity contribution is 9.10. The van der Waals surface area contributed by atoms with Gasteiger partial charge in [-0.2, -0.15) is 0 Å². The van der Waals surface area contributed by atoms with Gasteiger partial charge in [0.1, 0.15) is 0 Å². The fourth-order valence-electron chi connectivity index (χ4n) is 1.25. The summed E-state index contributed by atoms with van der Waals surface area (Å²) in [6.45, 7) is 3.67. The van der Waals surface area contributed by atoms with Crippen LogP contribution in [0.5, 0.6) is 0 Å². The molecule has 0 aliphatic heterocycles. The van der Waals surface area contributed by atoms with Crippen LogP contribution in [0.25, 0.3) is 0 Å². The van der Waals surface area contributed by atoms with Crippen molar-refractivity contribution in [1.29, 1.82) is 0 Å². The summed E-state index contributed by atoms with van der Waals surface area (Å²) in [5.41, 5.74) is 6.99. The molecule has 76 valence electrons. The fraction of sp³-hybridized carbons (Fsp3) is 0.273. The Morgan fingerprint density at radius 1 is 1.57 bits per heavy atom. The van der Waals surface area contributed by atoms with Crippen LogP contribution < -0.4 is 5.73 Å². The average molecular weight is 275 g/mol. The lowest BCUT2D eigenvalue weighted by atomic mass is 10.0. The average Bonchev–Trinajstić information content (AvgIpc) is 2.18. The second kappa shape index (κ2) is 5.54. The quantitative estimate of drug-likeness (QED) is 0.823. The first-order valence-electron chi connectivity index (χ1n) is 4.46. The van der Waals surface area contributed by atoms with Crippen LogP contribution in [-0.2, 0) is 0 Å². The van der Waals surface area contributed by atoms with Crippen LogP contribution in [0.3, 0.4) is 0 Å². The normalized spacial score (nSPS) is 12.5. The summed E-state index contributed by atoms with van der Waals surface area (Å²) in [5.74, 6) is 0. The van der Waals surface area contributed by atoms with E-state index in [0.29, 0.717) is 0 Å². The maximum atomic E-state index is 6.04. The molecule has 1 aromatic carbocycles. The summed E-state index contributed by atoms with van der Waals surface area (Å²) in [4.78, 5) is 0. The van der Waals surface area contributed by atoms with E-state index in [1.807, 2.05) is 24.3 Å². The first kappa shape index (κ1) is 11.8. The van der Waals surface area contributed by atoms with Crippen molar-refractivity contribution in [3.63, 3.8) is 0 Å². The van der Waals surface area contributed by atoms with Gasteiger partial charge in [0.2, 0.25) is 0 Å². The van der Waals surface area contributed by atoms with Crippen LogP contribution >= 0.6 is 27.5 Å². The zero-order valence-electron chi connectivity index (χ0n) is 7.84. The van der Waals surface area contributed by atoms with Gasteiger partial charge >= 0.3 is 0 Å². The Bertz CT molecular complexity index is 325. The lowest BCUT2D eigenvalue weighted by molar-refractivity contribution is 0.661. The zero-order chi connectivity index (χ0) is 10.6. The Morgan fingerprint density at radius 3 is 2.93 bits per heavy atom. The van der Waals surface area contributed by atoms with Gasteiger partial charge in [-0.1, -0.05) is 33.6 Å². The minimum Gasteiger partial charge on any atom is -0.324 e. The van der Waals surface area contributed by atoms with Crippen molar-refractivity contribution in [2.45, 2.75) is 18.9 Å². The summed E-state index contributed by atoms with van der Waals surface area (Å²) in [7, 11) is 0. The second-order valence-electron chi connectivity index (χ2n) is 3.14. The van der Waals surface area contributed by atoms with Crippen LogP contribution in [0.2, 0.25) is 5.02 Å². The lowest BCUT2D eigenvalue weighted by Crippen LogP contribution is -2.10. The molecular weight excluding hydrogens is 261 g/mol. The SMILES string of the molecule is C=CCC[C@H](N)c1cc(Br)ccc1Cl. The third kappa shape index (κ3) is 3.12. The molecule has 2 N–H and O–H groups in total. The smallest absolute Gasteiger partial charge is 0.0454 e. The molecule has 0 aliphatic rings. The van der Waals surface area contributed by atoms with E-state index in [0.717, 1.165) is 27.9 Å². The molecule has 0 saturated heterocycles. The van der Waals surface area contributed by atoms with Gasteiger partial charge in [0.25, 0.3) is 0 Å². The van der Waals surface area contributed by atoms with E-state index in [4.69, 9.17) is 17.3 Å². The van der Waals surface area contributed by atoms with Gasteiger partial charge in [-0.25, -0.2) is 0 Å². The summed E-state index contributed by atoms with van der Waals surface area (Å²) >= 11 is 9.44. The van der Waals surface area contributed by atoms with Crippen molar-refractivity contribution in [1.82, 2.24) is 0 Å². The molecule has 0 aliphatic carbocycles. The minimum atomic E-state index is -0.0157. The van der Waals surface area contributed by atoms with Gasteiger partial charge in [-0.15, -0.1) is 6.58 Å². The molecule has 1 rings (SSSR count). The van der Waals surface area contributed by atoms with Gasteiger partial charge in [-0.05, 0) is 36.6 Å². The van der Waals surface area contributed by atoms with E-state index in [1.165, 1.54) is 0 Å². The van der Waals surface area contributed by atoms with Crippen LogP contribution in [0, 0.1) is 0 Å². The van der Waals surface area contributed by atoms with E-state index in [2.05, 4.69) is 22.5 Å². The number of benzene rings is 1.